The van der Waals surface area contributed by atoms with E-state index in [0.29, 0.717) is 16.7 Å². The first-order valence-corrected chi connectivity index (χ1v) is 4.64. The number of fused-ring (bicyclic) bond motifs is 1. The first-order valence-electron chi connectivity index (χ1n) is 4.64. The summed E-state index contributed by atoms with van der Waals surface area (Å²) in [5.74, 6) is 0.437. The minimum atomic E-state index is -2.64. The number of para-hydroxylation sites is 1. The molecule has 2 rings (SSSR count). The van der Waals surface area contributed by atoms with Crippen LogP contribution in [-0.2, 0) is 0 Å². The quantitative estimate of drug-likeness (QED) is 0.853. The maximum Gasteiger partial charge on any atom is 0.280 e. The highest BCUT2D eigenvalue weighted by Gasteiger charge is 2.13. The maximum atomic E-state index is 12.6. The topological polar surface area (TPSA) is 48.1 Å². The van der Waals surface area contributed by atoms with Crippen LogP contribution in [0.1, 0.15) is 12.1 Å². The molecule has 0 amide bonds. The van der Waals surface area contributed by atoms with E-state index in [0.717, 1.165) is 0 Å². The Kier molecular flexibility index (Phi) is 2.60. The van der Waals surface area contributed by atoms with Gasteiger partial charge in [0.05, 0.1) is 7.11 Å². The monoisotopic (exact) mass is 224 g/mol. The van der Waals surface area contributed by atoms with Crippen LogP contribution in [0, 0.1) is 0 Å². The van der Waals surface area contributed by atoms with Gasteiger partial charge in [-0.25, -0.2) is 13.8 Å². The van der Waals surface area contributed by atoms with Gasteiger partial charge in [0.2, 0.25) is 0 Å². The molecule has 0 radical (unpaired) electrons. The molecule has 3 nitrogen and oxygen atoms in total. The number of ether oxygens (including phenoxy) is 1. The van der Waals surface area contributed by atoms with Gasteiger partial charge in [-0.1, -0.05) is 12.1 Å². The van der Waals surface area contributed by atoms with E-state index in [1.807, 2.05) is 0 Å². The summed E-state index contributed by atoms with van der Waals surface area (Å²) in [5.41, 5.74) is 5.99. The van der Waals surface area contributed by atoms with E-state index in [9.17, 15) is 8.78 Å². The Morgan fingerprint density at radius 2 is 2.12 bits per heavy atom. The number of hydrogen-bond donors (Lipinski definition) is 1. The van der Waals surface area contributed by atoms with E-state index >= 15 is 0 Å². The molecule has 0 spiro atoms. The molecule has 0 unspecified atom stereocenters. The second-order valence-electron chi connectivity index (χ2n) is 3.29. The van der Waals surface area contributed by atoms with Gasteiger partial charge in [0.1, 0.15) is 17.0 Å². The van der Waals surface area contributed by atoms with E-state index < -0.39 is 6.43 Å². The molecule has 0 aliphatic heterocycles. The Morgan fingerprint density at radius 3 is 2.75 bits per heavy atom. The molecule has 84 valence electrons. The highest BCUT2D eigenvalue weighted by atomic mass is 19.3. The van der Waals surface area contributed by atoms with Gasteiger partial charge in [0, 0.05) is 11.1 Å². The van der Waals surface area contributed by atoms with Crippen LogP contribution in [0.3, 0.4) is 0 Å². The predicted octanol–water partition coefficient (Wildman–Crippen LogP) is 2.76. The summed E-state index contributed by atoms with van der Waals surface area (Å²) in [6.45, 7) is 0. The van der Waals surface area contributed by atoms with Crippen LogP contribution in [0.2, 0.25) is 0 Å². The molecule has 1 aromatic carbocycles. The van der Waals surface area contributed by atoms with Crippen LogP contribution in [-0.4, -0.2) is 12.1 Å². The lowest BCUT2D eigenvalue weighted by molar-refractivity contribution is 0.146. The van der Waals surface area contributed by atoms with Gasteiger partial charge in [0.15, 0.2) is 0 Å². The summed E-state index contributed by atoms with van der Waals surface area (Å²) in [6.07, 6.45) is -2.64. The standard InChI is InChI=1S/C11H10F2N2O/c1-16-9-4-2-3-6-7(14)5-8(11(12)13)15-10(6)9/h2-5,11H,1H3,(H2,14,15). The Balaban J connectivity index is 2.77. The highest BCUT2D eigenvalue weighted by Crippen LogP contribution is 2.30. The second kappa shape index (κ2) is 3.92. The Bertz CT molecular complexity index is 529. The fraction of sp³-hybridized carbons (Fsp3) is 0.182. The van der Waals surface area contributed by atoms with Gasteiger partial charge < -0.3 is 10.5 Å². The third-order valence-electron chi connectivity index (χ3n) is 2.30. The predicted molar refractivity (Wildman–Crippen MR) is 57.7 cm³/mol. The van der Waals surface area contributed by atoms with Crippen molar-refractivity contribution >= 4 is 16.6 Å². The zero-order valence-electron chi connectivity index (χ0n) is 8.58. The number of nitrogen functional groups attached to an aromatic ring is 1. The summed E-state index contributed by atoms with van der Waals surface area (Å²) in [7, 11) is 1.46. The molecular formula is C11H10F2N2O. The van der Waals surface area contributed by atoms with E-state index in [1.54, 1.807) is 18.2 Å². The molecule has 2 N–H and O–H groups in total. The third kappa shape index (κ3) is 1.64. The van der Waals surface area contributed by atoms with E-state index in [2.05, 4.69) is 4.98 Å². The fourth-order valence-electron chi connectivity index (χ4n) is 1.55. The normalized spacial score (nSPS) is 11.0. The number of alkyl halides is 2. The lowest BCUT2D eigenvalue weighted by Crippen LogP contribution is -1.97. The highest BCUT2D eigenvalue weighted by molar-refractivity contribution is 5.94. The average Bonchev–Trinajstić information content (AvgIpc) is 2.28. The first kappa shape index (κ1) is 10.6. The van der Waals surface area contributed by atoms with Crippen LogP contribution in [0.15, 0.2) is 24.3 Å². The van der Waals surface area contributed by atoms with Crippen molar-refractivity contribution in [1.29, 1.82) is 0 Å². The minimum Gasteiger partial charge on any atom is -0.494 e. The summed E-state index contributed by atoms with van der Waals surface area (Å²) in [5, 5.41) is 0.615. The maximum absolute atomic E-state index is 12.6. The number of aromatic nitrogens is 1. The smallest absolute Gasteiger partial charge is 0.280 e. The van der Waals surface area contributed by atoms with Crippen LogP contribution < -0.4 is 10.5 Å². The van der Waals surface area contributed by atoms with E-state index in [-0.39, 0.29) is 11.4 Å². The molecule has 1 aromatic heterocycles. The Labute approximate surface area is 90.8 Å². The van der Waals surface area contributed by atoms with Crippen LogP contribution in [0.5, 0.6) is 5.75 Å². The van der Waals surface area contributed by atoms with Crippen molar-refractivity contribution in [3.63, 3.8) is 0 Å². The molecule has 1 heterocycles. The third-order valence-corrected chi connectivity index (χ3v) is 2.30. The van der Waals surface area contributed by atoms with Gasteiger partial charge in [0.25, 0.3) is 6.43 Å². The number of hydrogen-bond acceptors (Lipinski definition) is 3. The number of rotatable bonds is 2. The molecular weight excluding hydrogens is 214 g/mol. The lowest BCUT2D eigenvalue weighted by Gasteiger charge is -2.08. The molecule has 0 aliphatic carbocycles. The van der Waals surface area contributed by atoms with E-state index in [4.69, 9.17) is 10.5 Å². The van der Waals surface area contributed by atoms with Crippen molar-refractivity contribution in [2.75, 3.05) is 12.8 Å². The number of pyridine rings is 1. The number of halogens is 2. The van der Waals surface area contributed by atoms with Crippen molar-refractivity contribution in [3.05, 3.63) is 30.0 Å². The van der Waals surface area contributed by atoms with Crippen molar-refractivity contribution < 1.29 is 13.5 Å². The Hall–Kier alpha value is -1.91. The van der Waals surface area contributed by atoms with Crippen LogP contribution in [0.25, 0.3) is 10.9 Å². The SMILES string of the molecule is COc1cccc2c(N)cc(C(F)F)nc12. The summed E-state index contributed by atoms with van der Waals surface area (Å²) in [4.78, 5) is 3.85. The minimum absolute atomic E-state index is 0.277. The number of nitrogens with zero attached hydrogens (tertiary/aromatic N) is 1. The van der Waals surface area contributed by atoms with Crippen LogP contribution in [0.4, 0.5) is 14.5 Å². The molecule has 0 aliphatic rings. The van der Waals surface area contributed by atoms with Gasteiger partial charge >= 0.3 is 0 Å². The van der Waals surface area contributed by atoms with Gasteiger partial charge in [-0.05, 0) is 12.1 Å². The first-order chi connectivity index (χ1) is 7.63. The van der Waals surface area contributed by atoms with Gasteiger partial charge in [-0.2, -0.15) is 0 Å². The number of benzene rings is 1. The van der Waals surface area contributed by atoms with Crippen molar-refractivity contribution in [1.82, 2.24) is 4.98 Å². The molecule has 5 heteroatoms. The van der Waals surface area contributed by atoms with Crippen molar-refractivity contribution in [2.24, 2.45) is 0 Å². The molecule has 0 atom stereocenters. The van der Waals surface area contributed by atoms with Crippen molar-refractivity contribution in [3.8, 4) is 5.75 Å². The molecule has 0 saturated heterocycles. The van der Waals surface area contributed by atoms with Gasteiger partial charge in [-0.15, -0.1) is 0 Å². The number of methoxy groups -OCH3 is 1. The zero-order valence-corrected chi connectivity index (χ0v) is 8.58. The van der Waals surface area contributed by atoms with E-state index in [1.165, 1.54) is 13.2 Å². The molecule has 2 aromatic rings. The number of nitrogens with two attached hydrogens (primary N) is 1. The number of anilines is 1. The summed E-state index contributed by atoms with van der Waals surface area (Å²) >= 11 is 0. The molecule has 0 bridgehead atoms. The van der Waals surface area contributed by atoms with Gasteiger partial charge in [-0.3, -0.25) is 0 Å². The fourth-order valence-corrected chi connectivity index (χ4v) is 1.55. The summed E-state index contributed by atoms with van der Waals surface area (Å²) in [6, 6.07) is 6.30. The van der Waals surface area contributed by atoms with Crippen LogP contribution >= 0.6 is 0 Å². The average molecular weight is 224 g/mol. The molecule has 0 saturated carbocycles. The zero-order chi connectivity index (χ0) is 11.7. The summed E-state index contributed by atoms with van der Waals surface area (Å²) < 4.78 is 30.2. The second-order valence-corrected chi connectivity index (χ2v) is 3.29. The van der Waals surface area contributed by atoms with Crippen molar-refractivity contribution in [2.45, 2.75) is 6.43 Å². The molecule has 0 fully saturated rings. The largest absolute Gasteiger partial charge is 0.494 e. The molecule has 16 heavy (non-hydrogen) atoms. The lowest BCUT2D eigenvalue weighted by atomic mass is 10.1. The Morgan fingerprint density at radius 1 is 1.38 bits per heavy atom.